The SMILES string of the molecule is CC.CC1CNC(=O)N1. The molecule has 1 unspecified atom stereocenters. The summed E-state index contributed by atoms with van der Waals surface area (Å²) in [5, 5.41) is 5.29. The van der Waals surface area contributed by atoms with Crippen molar-refractivity contribution in [2.45, 2.75) is 26.8 Å². The van der Waals surface area contributed by atoms with Gasteiger partial charge < -0.3 is 10.6 Å². The van der Waals surface area contributed by atoms with E-state index in [-0.39, 0.29) is 6.03 Å². The number of hydrogen-bond donors (Lipinski definition) is 2. The molecular weight excluding hydrogens is 116 g/mol. The van der Waals surface area contributed by atoms with Crippen LogP contribution in [0.5, 0.6) is 0 Å². The first kappa shape index (κ1) is 8.27. The van der Waals surface area contributed by atoms with Gasteiger partial charge in [0.2, 0.25) is 0 Å². The topological polar surface area (TPSA) is 41.1 Å². The first-order valence-corrected chi connectivity index (χ1v) is 3.33. The molecule has 1 heterocycles. The quantitative estimate of drug-likeness (QED) is 0.498. The summed E-state index contributed by atoms with van der Waals surface area (Å²) in [6.45, 7) is 6.72. The van der Waals surface area contributed by atoms with Crippen molar-refractivity contribution in [2.24, 2.45) is 0 Å². The average Bonchev–Trinajstić information content (AvgIpc) is 2.20. The number of nitrogens with one attached hydrogen (secondary N) is 2. The summed E-state index contributed by atoms with van der Waals surface area (Å²) < 4.78 is 0. The number of rotatable bonds is 0. The first-order valence-electron chi connectivity index (χ1n) is 3.33. The summed E-state index contributed by atoms with van der Waals surface area (Å²) >= 11 is 0. The molecule has 2 N–H and O–H groups in total. The highest BCUT2D eigenvalue weighted by molar-refractivity contribution is 5.76. The molecule has 0 aromatic carbocycles. The molecule has 2 amide bonds. The third-order valence-corrected chi connectivity index (χ3v) is 0.946. The summed E-state index contributed by atoms with van der Waals surface area (Å²) in [7, 11) is 0. The Morgan fingerprint density at radius 2 is 2.11 bits per heavy atom. The van der Waals surface area contributed by atoms with Crippen LogP contribution >= 0.6 is 0 Å². The van der Waals surface area contributed by atoms with Crippen LogP contribution in [0, 0.1) is 0 Å². The van der Waals surface area contributed by atoms with E-state index in [1.54, 1.807) is 0 Å². The molecule has 0 spiro atoms. The predicted molar refractivity (Wildman–Crippen MR) is 37.3 cm³/mol. The van der Waals surface area contributed by atoms with Crippen molar-refractivity contribution in [2.75, 3.05) is 6.54 Å². The van der Waals surface area contributed by atoms with Crippen LogP contribution < -0.4 is 10.6 Å². The Bertz CT molecular complexity index is 93.1. The largest absolute Gasteiger partial charge is 0.336 e. The molecule has 0 aliphatic carbocycles. The lowest BCUT2D eigenvalue weighted by atomic mass is 10.4. The van der Waals surface area contributed by atoms with Crippen molar-refractivity contribution in [1.29, 1.82) is 0 Å². The molecule has 1 saturated heterocycles. The van der Waals surface area contributed by atoms with E-state index in [1.165, 1.54) is 0 Å². The van der Waals surface area contributed by atoms with Gasteiger partial charge in [0, 0.05) is 12.6 Å². The van der Waals surface area contributed by atoms with Gasteiger partial charge in [0.25, 0.3) is 0 Å². The smallest absolute Gasteiger partial charge is 0.315 e. The van der Waals surface area contributed by atoms with Crippen molar-refractivity contribution in [3.8, 4) is 0 Å². The van der Waals surface area contributed by atoms with Gasteiger partial charge in [-0.05, 0) is 6.92 Å². The minimum absolute atomic E-state index is 0.0486. The lowest BCUT2D eigenvalue weighted by molar-refractivity contribution is 0.247. The van der Waals surface area contributed by atoms with E-state index in [1.807, 2.05) is 20.8 Å². The van der Waals surface area contributed by atoms with E-state index >= 15 is 0 Å². The molecule has 1 aliphatic rings. The van der Waals surface area contributed by atoms with E-state index in [0.717, 1.165) is 6.54 Å². The second kappa shape index (κ2) is 4.18. The average molecular weight is 130 g/mol. The van der Waals surface area contributed by atoms with Gasteiger partial charge in [-0.25, -0.2) is 4.79 Å². The molecule has 3 heteroatoms. The maximum Gasteiger partial charge on any atom is 0.315 e. The van der Waals surface area contributed by atoms with E-state index in [4.69, 9.17) is 0 Å². The molecule has 0 aromatic heterocycles. The van der Waals surface area contributed by atoms with Crippen LogP contribution in [0.25, 0.3) is 0 Å². The molecule has 0 bridgehead atoms. The van der Waals surface area contributed by atoms with Gasteiger partial charge in [0.1, 0.15) is 0 Å². The van der Waals surface area contributed by atoms with Crippen LogP contribution in [0.15, 0.2) is 0 Å². The zero-order valence-corrected chi connectivity index (χ0v) is 6.19. The Labute approximate surface area is 55.8 Å². The van der Waals surface area contributed by atoms with Crippen LogP contribution in [0.3, 0.4) is 0 Å². The van der Waals surface area contributed by atoms with Gasteiger partial charge in [0.05, 0.1) is 0 Å². The molecule has 1 atom stereocenters. The first-order chi connectivity index (χ1) is 4.29. The normalized spacial score (nSPS) is 23.4. The maximum absolute atomic E-state index is 10.2. The van der Waals surface area contributed by atoms with Gasteiger partial charge in [-0.2, -0.15) is 0 Å². The van der Waals surface area contributed by atoms with Crippen molar-refractivity contribution >= 4 is 6.03 Å². The number of hydrogen-bond acceptors (Lipinski definition) is 1. The van der Waals surface area contributed by atoms with Crippen molar-refractivity contribution < 1.29 is 4.79 Å². The number of amides is 2. The van der Waals surface area contributed by atoms with E-state index in [0.29, 0.717) is 6.04 Å². The Hall–Kier alpha value is -0.730. The second-order valence-electron chi connectivity index (χ2n) is 1.76. The Morgan fingerprint density at radius 1 is 1.56 bits per heavy atom. The summed E-state index contributed by atoms with van der Waals surface area (Å²) in [5.74, 6) is 0. The molecule has 1 fully saturated rings. The zero-order valence-electron chi connectivity index (χ0n) is 6.19. The third kappa shape index (κ3) is 2.95. The van der Waals surface area contributed by atoms with Crippen molar-refractivity contribution in [1.82, 2.24) is 10.6 Å². The Kier molecular flexibility index (Phi) is 3.84. The summed E-state index contributed by atoms with van der Waals surface area (Å²) in [5.41, 5.74) is 0. The molecule has 1 rings (SSSR count). The van der Waals surface area contributed by atoms with Crippen LogP contribution in [-0.4, -0.2) is 18.6 Å². The molecule has 1 aliphatic heterocycles. The maximum atomic E-state index is 10.2. The minimum atomic E-state index is -0.0486. The lowest BCUT2D eigenvalue weighted by Gasteiger charge is -1.92. The van der Waals surface area contributed by atoms with E-state index in [9.17, 15) is 4.79 Å². The van der Waals surface area contributed by atoms with Gasteiger partial charge in [0.15, 0.2) is 0 Å². The van der Waals surface area contributed by atoms with Gasteiger partial charge in [-0.15, -0.1) is 0 Å². The van der Waals surface area contributed by atoms with Crippen molar-refractivity contribution in [3.63, 3.8) is 0 Å². The van der Waals surface area contributed by atoms with Crippen molar-refractivity contribution in [3.05, 3.63) is 0 Å². The molecule has 0 aromatic rings. The highest BCUT2D eigenvalue weighted by Crippen LogP contribution is 1.84. The summed E-state index contributed by atoms with van der Waals surface area (Å²) in [6.07, 6.45) is 0. The fourth-order valence-electron chi connectivity index (χ4n) is 0.572. The van der Waals surface area contributed by atoms with Gasteiger partial charge in [-0.1, -0.05) is 13.8 Å². The zero-order chi connectivity index (χ0) is 7.28. The fourth-order valence-corrected chi connectivity index (χ4v) is 0.572. The lowest BCUT2D eigenvalue weighted by Crippen LogP contribution is -2.23. The molecule has 54 valence electrons. The van der Waals surface area contributed by atoms with Gasteiger partial charge >= 0.3 is 6.03 Å². The minimum Gasteiger partial charge on any atom is -0.336 e. The number of carbonyl (C=O) groups excluding carboxylic acids is 1. The highest BCUT2D eigenvalue weighted by atomic mass is 16.2. The number of carbonyl (C=O) groups is 1. The van der Waals surface area contributed by atoms with Crippen LogP contribution in [0.1, 0.15) is 20.8 Å². The summed E-state index contributed by atoms with van der Waals surface area (Å²) in [4.78, 5) is 10.2. The third-order valence-electron chi connectivity index (χ3n) is 0.946. The van der Waals surface area contributed by atoms with E-state index < -0.39 is 0 Å². The molecular formula is C6H14N2O. The number of urea groups is 1. The summed E-state index contributed by atoms with van der Waals surface area (Å²) in [6, 6.07) is 0.264. The Balaban J connectivity index is 0.000000291. The van der Waals surface area contributed by atoms with E-state index in [2.05, 4.69) is 10.6 Å². The van der Waals surface area contributed by atoms with Crippen LogP contribution in [0.2, 0.25) is 0 Å². The predicted octanol–water partition coefficient (Wildman–Crippen LogP) is 0.714. The molecule has 0 saturated carbocycles. The molecule has 3 nitrogen and oxygen atoms in total. The second-order valence-corrected chi connectivity index (χ2v) is 1.76. The highest BCUT2D eigenvalue weighted by Gasteiger charge is 2.13. The molecule has 9 heavy (non-hydrogen) atoms. The Morgan fingerprint density at radius 3 is 2.22 bits per heavy atom. The standard InChI is InChI=1S/C4H8N2O.C2H6/c1-3-2-5-4(7)6-3;1-2/h3H,2H2,1H3,(H2,5,6,7);1-2H3. The van der Waals surface area contributed by atoms with Gasteiger partial charge in [-0.3, -0.25) is 0 Å². The van der Waals surface area contributed by atoms with Crippen LogP contribution in [0.4, 0.5) is 4.79 Å². The molecule has 0 radical (unpaired) electrons. The monoisotopic (exact) mass is 130 g/mol. The fraction of sp³-hybridized carbons (Fsp3) is 0.833. The van der Waals surface area contributed by atoms with Crippen LogP contribution in [-0.2, 0) is 0 Å².